The van der Waals surface area contributed by atoms with Crippen LogP contribution in [0.15, 0.2) is 143 Å². The number of pyridine rings is 2. The van der Waals surface area contributed by atoms with Crippen LogP contribution in [0.1, 0.15) is 90.5 Å². The normalized spacial score (nSPS) is 18.3. The maximum atomic E-state index is 12.1. The molecule has 4 aromatic carbocycles. The Bertz CT molecular complexity index is 6140. The number of nitrogens with one attached hydrogen (secondary N) is 4. The van der Waals surface area contributed by atoms with Crippen LogP contribution in [-0.2, 0) is 85.8 Å². The van der Waals surface area contributed by atoms with Crippen molar-refractivity contribution in [3.63, 3.8) is 0 Å². The van der Waals surface area contributed by atoms with Crippen molar-refractivity contribution in [1.29, 1.82) is 0 Å². The van der Waals surface area contributed by atoms with Crippen molar-refractivity contribution in [2.24, 2.45) is 5.73 Å². The summed E-state index contributed by atoms with van der Waals surface area (Å²) in [5.41, 5.74) is 10.8. The number of nitro groups is 2. The number of hydrogen-bond acceptors (Lipinski definition) is 33. The number of anilines is 2. The first kappa shape index (κ1) is 95.4. The number of unbranched alkanes of at least 4 members (excludes halogenated alkanes) is 2. The number of nitro benzene ring substituents is 2. The third-order valence-corrected chi connectivity index (χ3v) is 25.2. The number of ether oxygens (including phenoxy) is 2. The van der Waals surface area contributed by atoms with Gasteiger partial charge in [-0.05, 0) is 85.1 Å². The van der Waals surface area contributed by atoms with Crippen LogP contribution in [0.2, 0.25) is 0 Å². The van der Waals surface area contributed by atoms with E-state index >= 15 is 0 Å². The minimum Gasteiger partial charge on any atom is -0.508 e. The molecular formula is C70H75N13O35P6. The summed E-state index contributed by atoms with van der Waals surface area (Å²) in [6.45, 7) is 0.499. The van der Waals surface area contributed by atoms with E-state index < -0.39 is 113 Å². The number of phenols is 1. The van der Waals surface area contributed by atoms with E-state index in [1.165, 1.54) is 83.6 Å². The number of aromatic nitrogens is 6. The number of hydrogen-bond donors (Lipinski definition) is 17. The first-order valence-electron chi connectivity index (χ1n) is 36.0. The van der Waals surface area contributed by atoms with E-state index in [1.807, 2.05) is 0 Å². The average molecular weight is 1840 g/mol. The maximum absolute atomic E-state index is 12.1. The van der Waals surface area contributed by atoms with Gasteiger partial charge < -0.3 is 100 Å². The second-order valence-electron chi connectivity index (χ2n) is 26.5. The smallest absolute Gasteiger partial charge is 0.490 e. The van der Waals surface area contributed by atoms with Crippen molar-refractivity contribution in [3.05, 3.63) is 193 Å². The molecule has 0 bridgehead atoms. The molecule has 4 aromatic heterocycles. The molecule has 124 heavy (non-hydrogen) atoms. The number of carbonyl (C=O) groups is 3. The zero-order chi connectivity index (χ0) is 90.2. The molecule has 0 spiro atoms. The molecule has 48 nitrogen and oxygen atoms in total. The van der Waals surface area contributed by atoms with Gasteiger partial charge in [-0.3, -0.25) is 52.8 Å². The third-order valence-electron chi connectivity index (χ3n) is 17.6. The molecule has 10 atom stereocenters. The number of fused-ring (bicyclic) bond motifs is 4. The molecule has 660 valence electrons. The molecule has 54 heteroatoms. The minimum atomic E-state index is -5.73. The fraction of sp³-hybridized carbons (Fsp3) is 0.286. The highest BCUT2D eigenvalue weighted by molar-refractivity contribution is 7.67. The molecule has 2 amide bonds. The number of nitrogens with two attached hydrogens (primary N) is 1. The quantitative estimate of drug-likeness (QED) is 0.00478. The lowest BCUT2D eigenvalue weighted by molar-refractivity contribution is -0.385. The van der Waals surface area contributed by atoms with E-state index in [-0.39, 0.29) is 84.6 Å². The Balaban J connectivity index is 0.000000207. The van der Waals surface area contributed by atoms with Gasteiger partial charge in [-0.25, -0.2) is 52.1 Å². The average Bonchev–Trinajstić information content (AvgIpc) is 1.09. The van der Waals surface area contributed by atoms with E-state index in [1.54, 1.807) is 66.7 Å². The fourth-order valence-corrected chi connectivity index (χ4v) is 18.4. The molecular weight excluding hydrogens is 1770 g/mol. The lowest BCUT2D eigenvalue weighted by Crippen LogP contribution is -2.26. The summed E-state index contributed by atoms with van der Waals surface area (Å²) in [7, 11) is -33.5. The molecule has 18 N–H and O–H groups in total. The monoisotopic (exact) mass is 1840 g/mol. The minimum absolute atomic E-state index is 0.00180. The molecule has 2 saturated heterocycles. The van der Waals surface area contributed by atoms with Crippen LogP contribution in [0.5, 0.6) is 5.75 Å². The Morgan fingerprint density at radius 3 is 1.62 bits per heavy atom. The number of aromatic carboxylic acids is 1. The largest absolute Gasteiger partial charge is 0.508 e. The van der Waals surface area contributed by atoms with Crippen molar-refractivity contribution in [2.75, 3.05) is 43.5 Å². The topological polar surface area (TPSA) is 722 Å². The second-order valence-corrected chi connectivity index (χ2v) is 35.3. The number of phenolic OH excluding ortho intramolecular Hbond substituents is 1. The molecule has 4 aliphatic rings. The summed E-state index contributed by atoms with van der Waals surface area (Å²) in [4.78, 5) is 159. The van der Waals surface area contributed by atoms with Gasteiger partial charge >= 0.3 is 52.9 Å². The zero-order valence-corrected chi connectivity index (χ0v) is 69.3. The standard InChI is InChI=1S/C29H38N7O16P3.C21H25N6O14P3.C20H12O5/c1-19(37)30-11-4-2-3-7-26(39)31-12-5-6-20-8-9-21(23(14-20)36(40)41)16-33-22-10-13-32-29-28(22)34-18-35(29)27-15-24(38)25(50-27)17-49-54(45,46)52-55(47,48)51-53(42,43)44;22-6-1-2-13-3-4-14(16(8-13)27(29)30)10-24-15-5-7-23-21-20(15)25-12-26(21)19-9-17(28)18(39-19)11-38-43(34,35)41-44(36,37)40-42(31,32)33;21-11-5-7-15-17(9-11)25-18-10-12(22)6-8-16(18)19(15)13-3-1-2-4-14(13)20(23)24/h8-10,13-14,18,24-25,27,38H,2-4,7,11-12,15-17H2,1H3,(H,30,37)(H,31,39)(H,32,33)(H,45,46)(H,47,48)(H2,42,43,44);3-5,7-8,12,17-19,28H,6,9-11,22H2,(H,23,24)(H,34,35)(H,36,37)(H2,31,32,33);1-10,21H,(H,23,24)/t24-,25-,27-;17-,18-,19-;/m11./s1. The molecule has 0 radical (unpaired) electrons. The number of phosphoric acid groups is 6. The molecule has 0 saturated carbocycles. The van der Waals surface area contributed by atoms with Crippen LogP contribution in [0.3, 0.4) is 0 Å². The van der Waals surface area contributed by atoms with Gasteiger partial charge in [0.05, 0.1) is 78.0 Å². The summed E-state index contributed by atoms with van der Waals surface area (Å²) >= 11 is 0. The van der Waals surface area contributed by atoms with Crippen LogP contribution in [0, 0.1) is 43.9 Å². The Hall–Kier alpha value is -10.8. The van der Waals surface area contributed by atoms with Crippen LogP contribution in [0.4, 0.5) is 22.7 Å². The summed E-state index contributed by atoms with van der Waals surface area (Å²) in [6, 6.07) is 27.9. The number of rotatable bonds is 33. The molecule has 2 fully saturated rings. The van der Waals surface area contributed by atoms with E-state index in [4.69, 9.17) is 39.2 Å². The predicted octanol–water partition coefficient (Wildman–Crippen LogP) is 7.33. The van der Waals surface area contributed by atoms with Gasteiger partial charge in [0.25, 0.3) is 11.4 Å². The summed E-state index contributed by atoms with van der Waals surface area (Å²) < 4.78 is 113. The molecule has 12 rings (SSSR count). The highest BCUT2D eigenvalue weighted by atomic mass is 31.3. The molecule has 7 heterocycles. The van der Waals surface area contributed by atoms with Gasteiger partial charge in [0.2, 0.25) is 11.8 Å². The van der Waals surface area contributed by atoms with Crippen LogP contribution >= 0.6 is 46.9 Å². The summed E-state index contributed by atoms with van der Waals surface area (Å²) in [6.07, 6.45) is 0.968. The van der Waals surface area contributed by atoms with E-state index in [0.717, 1.165) is 12.8 Å². The number of aromatic hydroxyl groups is 1. The fourth-order valence-electron chi connectivity index (χ4n) is 12.3. The number of benzene rings is 5. The highest BCUT2D eigenvalue weighted by Crippen LogP contribution is 2.68. The predicted molar refractivity (Wildman–Crippen MR) is 431 cm³/mol. The van der Waals surface area contributed by atoms with Gasteiger partial charge in [-0.2, -0.15) is 17.2 Å². The van der Waals surface area contributed by atoms with Gasteiger partial charge in [-0.1, -0.05) is 48.3 Å². The van der Waals surface area contributed by atoms with Crippen molar-refractivity contribution in [2.45, 2.75) is 95.4 Å². The van der Waals surface area contributed by atoms with E-state index in [9.17, 15) is 107 Å². The van der Waals surface area contributed by atoms with E-state index in [2.05, 4.69) is 91.2 Å². The van der Waals surface area contributed by atoms with Gasteiger partial charge in [0.15, 0.2) is 16.7 Å². The van der Waals surface area contributed by atoms with Crippen LogP contribution < -0.4 is 32.4 Å². The van der Waals surface area contributed by atoms with Crippen LogP contribution in [-0.4, -0.2) is 174 Å². The van der Waals surface area contributed by atoms with Gasteiger partial charge in [0, 0.05) is 121 Å². The van der Waals surface area contributed by atoms with Crippen molar-refractivity contribution >= 4 is 121 Å². The second kappa shape index (κ2) is 41.3. The lowest BCUT2D eigenvalue weighted by Gasteiger charge is -2.19. The lowest BCUT2D eigenvalue weighted by atomic mass is 9.91. The number of amides is 2. The number of aliphatic hydroxyl groups excluding tert-OH is 2. The Morgan fingerprint density at radius 1 is 0.613 bits per heavy atom. The molecule has 4 unspecified atom stereocenters. The van der Waals surface area contributed by atoms with Crippen LogP contribution in [0.25, 0.3) is 55.7 Å². The zero-order valence-electron chi connectivity index (χ0n) is 64.0. The maximum Gasteiger partial charge on any atom is 0.490 e. The van der Waals surface area contributed by atoms with E-state index in [0.29, 0.717) is 103 Å². The number of carboxylic acids is 1. The van der Waals surface area contributed by atoms with Gasteiger partial charge in [0.1, 0.15) is 52.8 Å². The third kappa shape index (κ3) is 26.8. The number of carboxylic acid groups (broad SMARTS) is 1. The number of phosphoric ester groups is 2. The summed E-state index contributed by atoms with van der Waals surface area (Å²) in [5.74, 6) is 10.0. The summed E-state index contributed by atoms with van der Waals surface area (Å²) in [5, 5.41) is 76.0. The van der Waals surface area contributed by atoms with Crippen molar-refractivity contribution in [3.8, 4) is 51.9 Å². The SMILES string of the molecule is CC(=O)NCCCCCC(=O)NCC#Cc1ccc(CNc2ccnc3c2ncn3[C@H]2C[C@@H](O)[C@@H](COP(=O)(O)OP(=O)(O)OP(=O)(O)O)O2)c([N+](=O)[O-])c1.NCC#Cc1ccc(CNc2ccnc3c2ncn3[C@H]2C[C@@H](O)[C@@H](COP(=O)(O)OP(=O)(O)OP(=O)(O)O)O2)c([N+](=O)[O-])c1.O=C(O)c1ccccc1-c1c2ccc(=O)cc-2oc2cc(O)ccc12. The highest BCUT2D eigenvalue weighted by Gasteiger charge is 2.45. The van der Waals surface area contributed by atoms with Crippen molar-refractivity contribution in [1.82, 2.24) is 39.7 Å². The number of aliphatic hydroxyl groups is 2. The molecule has 1 aliphatic carbocycles. The first-order valence-corrected chi connectivity index (χ1v) is 45.1. The molecule has 3 aliphatic heterocycles. The Kier molecular flexibility index (Phi) is 31.8. The van der Waals surface area contributed by atoms with Gasteiger partial charge in [-0.15, -0.1) is 0 Å². The number of imidazole rings is 2. The first-order chi connectivity index (χ1) is 58.4. The van der Waals surface area contributed by atoms with Crippen molar-refractivity contribution < 1.29 is 151 Å². The number of nitrogens with zero attached hydrogens (tertiary/aromatic N) is 8. The Morgan fingerprint density at radius 2 is 1.13 bits per heavy atom. The molecule has 8 aromatic rings. The Labute approximate surface area is 697 Å². The number of carbonyl (C=O) groups excluding carboxylic acids is 2.